The molecule has 0 aliphatic rings. The van der Waals surface area contributed by atoms with Gasteiger partial charge in [0, 0.05) is 6.54 Å². The molecular formula is C26H47NO10S. The van der Waals surface area contributed by atoms with E-state index in [1.807, 2.05) is 0 Å². The highest BCUT2D eigenvalue weighted by Gasteiger charge is 2.41. The number of aliphatic carboxylic acids is 3. The summed E-state index contributed by atoms with van der Waals surface area (Å²) in [7, 11) is -5.17. The SMILES string of the molecule is CCCCCCCCCCCCCCCCCCN(C(=O)C(CC(=O)O)S(=O)(=O)O)[C@@H](CC(=O)O)C(=O)O. The average Bonchev–Trinajstić information content (AvgIpc) is 2.82. The summed E-state index contributed by atoms with van der Waals surface area (Å²) in [5.74, 6) is -6.32. The lowest BCUT2D eigenvalue weighted by atomic mass is 10.0. The Morgan fingerprint density at radius 1 is 0.632 bits per heavy atom. The second-order valence-corrected chi connectivity index (χ2v) is 11.5. The van der Waals surface area contributed by atoms with Gasteiger partial charge in [-0.2, -0.15) is 8.42 Å². The molecule has 0 spiro atoms. The first-order valence-corrected chi connectivity index (χ1v) is 15.3. The van der Waals surface area contributed by atoms with Crippen LogP contribution in [-0.4, -0.2) is 74.8 Å². The van der Waals surface area contributed by atoms with Crippen LogP contribution in [0.5, 0.6) is 0 Å². The third-order valence-corrected chi connectivity index (χ3v) is 7.65. The number of carbonyl (C=O) groups is 4. The number of hydrogen-bond donors (Lipinski definition) is 4. The number of carbonyl (C=O) groups excluding carboxylic acids is 1. The molecule has 2 atom stereocenters. The van der Waals surface area contributed by atoms with Crippen molar-refractivity contribution in [3.8, 4) is 0 Å². The van der Waals surface area contributed by atoms with E-state index in [1.165, 1.54) is 64.2 Å². The van der Waals surface area contributed by atoms with E-state index < -0.39 is 58.1 Å². The highest BCUT2D eigenvalue weighted by atomic mass is 32.2. The summed E-state index contributed by atoms with van der Waals surface area (Å²) in [4.78, 5) is 47.2. The molecular weight excluding hydrogens is 518 g/mol. The standard InChI is InChI=1S/C26H47NO10S/c1-2-3-4-5-6-7-8-9-10-11-12-13-14-15-16-17-18-27(21(26(33)34)19-23(28)29)25(32)22(20-24(30)31)38(35,36)37/h21-22H,2-20H2,1H3,(H,28,29)(H,30,31)(H,33,34)(H,35,36,37)/t21-,22?/m0/s1. The molecule has 0 aromatic heterocycles. The van der Waals surface area contributed by atoms with E-state index in [2.05, 4.69) is 6.92 Å². The third kappa shape index (κ3) is 17.3. The largest absolute Gasteiger partial charge is 0.481 e. The quantitative estimate of drug-likeness (QED) is 0.0889. The molecule has 11 nitrogen and oxygen atoms in total. The number of amides is 1. The van der Waals surface area contributed by atoms with Crippen molar-refractivity contribution in [3.05, 3.63) is 0 Å². The van der Waals surface area contributed by atoms with Crippen LogP contribution in [0.3, 0.4) is 0 Å². The van der Waals surface area contributed by atoms with Gasteiger partial charge in [-0.3, -0.25) is 18.9 Å². The normalized spacial score (nSPS) is 13.1. The van der Waals surface area contributed by atoms with Crippen molar-refractivity contribution >= 4 is 33.9 Å². The first-order valence-electron chi connectivity index (χ1n) is 13.8. The van der Waals surface area contributed by atoms with Gasteiger partial charge in [0.05, 0.1) is 12.8 Å². The molecule has 12 heteroatoms. The van der Waals surface area contributed by atoms with Crippen molar-refractivity contribution in [1.29, 1.82) is 0 Å². The van der Waals surface area contributed by atoms with Crippen molar-refractivity contribution in [2.75, 3.05) is 6.54 Å². The second kappa shape index (κ2) is 20.7. The predicted octanol–water partition coefficient (Wildman–Crippen LogP) is 4.74. The van der Waals surface area contributed by atoms with Crippen LogP contribution in [0.15, 0.2) is 0 Å². The van der Waals surface area contributed by atoms with Gasteiger partial charge in [0.1, 0.15) is 6.04 Å². The van der Waals surface area contributed by atoms with Gasteiger partial charge < -0.3 is 20.2 Å². The van der Waals surface area contributed by atoms with Crippen LogP contribution in [0.1, 0.15) is 122 Å². The Labute approximate surface area is 226 Å². The molecule has 0 aliphatic carbocycles. The monoisotopic (exact) mass is 565 g/mol. The molecule has 222 valence electrons. The predicted molar refractivity (Wildman–Crippen MR) is 143 cm³/mol. The number of carboxylic acids is 3. The summed E-state index contributed by atoms with van der Waals surface area (Å²) < 4.78 is 32.6. The van der Waals surface area contributed by atoms with Gasteiger partial charge in [-0.25, -0.2) is 4.79 Å². The first-order chi connectivity index (χ1) is 17.9. The topological polar surface area (TPSA) is 187 Å². The molecule has 1 unspecified atom stereocenters. The minimum atomic E-state index is -5.17. The summed E-state index contributed by atoms with van der Waals surface area (Å²) in [6, 6.07) is -1.89. The Morgan fingerprint density at radius 2 is 1.00 bits per heavy atom. The van der Waals surface area contributed by atoms with Crippen LogP contribution in [0, 0.1) is 0 Å². The number of hydrogen-bond acceptors (Lipinski definition) is 6. The highest BCUT2D eigenvalue weighted by molar-refractivity contribution is 7.87. The zero-order valence-electron chi connectivity index (χ0n) is 22.7. The maximum Gasteiger partial charge on any atom is 0.327 e. The number of carboxylic acid groups (broad SMARTS) is 3. The molecule has 0 aromatic carbocycles. The number of rotatable bonds is 25. The van der Waals surface area contributed by atoms with Gasteiger partial charge in [-0.1, -0.05) is 103 Å². The van der Waals surface area contributed by atoms with Crippen LogP contribution in [0.4, 0.5) is 0 Å². The molecule has 38 heavy (non-hydrogen) atoms. The third-order valence-electron chi connectivity index (χ3n) is 6.56. The Hall–Kier alpha value is -2.21. The lowest BCUT2D eigenvalue weighted by Crippen LogP contribution is -2.52. The van der Waals surface area contributed by atoms with Crippen LogP contribution < -0.4 is 0 Å². The van der Waals surface area contributed by atoms with E-state index >= 15 is 0 Å². The fourth-order valence-electron chi connectivity index (χ4n) is 4.41. The molecule has 0 rings (SSSR count). The fraction of sp³-hybridized carbons (Fsp3) is 0.846. The molecule has 0 heterocycles. The molecule has 4 N–H and O–H groups in total. The van der Waals surface area contributed by atoms with E-state index in [4.69, 9.17) is 10.2 Å². The van der Waals surface area contributed by atoms with Crippen LogP contribution in [0.25, 0.3) is 0 Å². The van der Waals surface area contributed by atoms with Crippen LogP contribution in [0.2, 0.25) is 0 Å². The number of nitrogens with zero attached hydrogens (tertiary/aromatic N) is 1. The molecule has 0 radical (unpaired) electrons. The lowest BCUT2D eigenvalue weighted by Gasteiger charge is -2.30. The van der Waals surface area contributed by atoms with Crippen molar-refractivity contribution in [2.45, 2.75) is 134 Å². The highest BCUT2D eigenvalue weighted by Crippen LogP contribution is 2.18. The van der Waals surface area contributed by atoms with E-state index in [9.17, 15) is 37.3 Å². The summed E-state index contributed by atoms with van der Waals surface area (Å²) in [5.41, 5.74) is 0. The van der Waals surface area contributed by atoms with Gasteiger partial charge in [0.15, 0.2) is 5.25 Å². The molecule has 0 fully saturated rings. The molecule has 0 saturated heterocycles. The minimum Gasteiger partial charge on any atom is -0.481 e. The van der Waals surface area contributed by atoms with Gasteiger partial charge >= 0.3 is 17.9 Å². The Bertz CT molecular complexity index is 815. The summed E-state index contributed by atoms with van der Waals surface area (Å²) in [6.45, 7) is 1.95. The molecule has 0 bridgehead atoms. The minimum absolute atomic E-state index is 0.271. The molecule has 1 amide bonds. The zero-order chi connectivity index (χ0) is 29.0. The second-order valence-electron chi connectivity index (χ2n) is 9.89. The van der Waals surface area contributed by atoms with Crippen LogP contribution >= 0.6 is 0 Å². The maximum atomic E-state index is 12.8. The number of unbranched alkanes of at least 4 members (excludes halogenated alkanes) is 15. The van der Waals surface area contributed by atoms with E-state index in [0.29, 0.717) is 11.3 Å². The van der Waals surface area contributed by atoms with Crippen molar-refractivity contribution in [3.63, 3.8) is 0 Å². The summed E-state index contributed by atoms with van der Waals surface area (Å²) >= 11 is 0. The van der Waals surface area contributed by atoms with Gasteiger partial charge in [0.2, 0.25) is 5.91 Å². The molecule has 0 saturated carbocycles. The zero-order valence-corrected chi connectivity index (χ0v) is 23.5. The summed E-state index contributed by atoms with van der Waals surface area (Å²) in [5, 5.41) is 25.0. The van der Waals surface area contributed by atoms with Crippen molar-refractivity contribution in [1.82, 2.24) is 4.90 Å². The Kier molecular flexibility index (Phi) is 19.5. The molecule has 0 aromatic rings. The lowest BCUT2D eigenvalue weighted by molar-refractivity contribution is -0.155. The van der Waals surface area contributed by atoms with E-state index in [0.717, 1.165) is 25.7 Å². The Balaban J connectivity index is 4.56. The fourth-order valence-corrected chi connectivity index (χ4v) is 5.15. The Morgan fingerprint density at radius 3 is 1.32 bits per heavy atom. The van der Waals surface area contributed by atoms with E-state index in [-0.39, 0.29) is 13.0 Å². The average molecular weight is 566 g/mol. The van der Waals surface area contributed by atoms with Crippen molar-refractivity contribution in [2.24, 2.45) is 0 Å². The van der Waals surface area contributed by atoms with Gasteiger partial charge in [0.25, 0.3) is 10.1 Å². The molecule has 0 aliphatic heterocycles. The maximum absolute atomic E-state index is 12.8. The first kappa shape index (κ1) is 35.8. The van der Waals surface area contributed by atoms with Crippen LogP contribution in [-0.2, 0) is 29.3 Å². The van der Waals surface area contributed by atoms with Crippen molar-refractivity contribution < 1.29 is 47.5 Å². The van der Waals surface area contributed by atoms with Gasteiger partial charge in [-0.15, -0.1) is 0 Å². The van der Waals surface area contributed by atoms with E-state index in [1.54, 1.807) is 0 Å². The van der Waals surface area contributed by atoms with Gasteiger partial charge in [-0.05, 0) is 6.42 Å². The smallest absolute Gasteiger partial charge is 0.327 e. The summed E-state index contributed by atoms with van der Waals surface area (Å²) in [6.07, 6.45) is 15.3.